The second-order valence-corrected chi connectivity index (χ2v) is 4.41. The Morgan fingerprint density at radius 2 is 2.16 bits per heavy atom. The van der Waals surface area contributed by atoms with Crippen molar-refractivity contribution < 1.29 is 9.59 Å². The zero-order valence-corrected chi connectivity index (χ0v) is 11.3. The topological polar surface area (TPSA) is 83.1 Å². The second kappa shape index (κ2) is 8.07. The summed E-state index contributed by atoms with van der Waals surface area (Å²) in [5, 5.41) is 8.45. The summed E-state index contributed by atoms with van der Waals surface area (Å²) in [6.45, 7) is 5.12. The Morgan fingerprint density at radius 1 is 1.37 bits per heavy atom. The van der Waals surface area contributed by atoms with Gasteiger partial charge >= 0.3 is 0 Å². The fourth-order valence-corrected chi connectivity index (χ4v) is 1.46. The Morgan fingerprint density at radius 3 is 2.74 bits per heavy atom. The number of hydrogen-bond donors (Lipinski definition) is 3. The van der Waals surface area contributed by atoms with E-state index in [1.807, 2.05) is 13.8 Å². The minimum Gasteiger partial charge on any atom is -0.368 e. The van der Waals surface area contributed by atoms with Gasteiger partial charge in [-0.2, -0.15) is 0 Å². The van der Waals surface area contributed by atoms with Crippen LogP contribution in [-0.4, -0.2) is 36.4 Å². The lowest BCUT2D eigenvalue weighted by atomic mass is 10.2. The first-order valence-corrected chi connectivity index (χ1v) is 6.31. The highest BCUT2D eigenvalue weighted by Gasteiger charge is 2.05. The lowest BCUT2D eigenvalue weighted by Crippen LogP contribution is -2.27. The lowest BCUT2D eigenvalue weighted by molar-refractivity contribution is -0.109. The number of anilines is 1. The number of nitrogens with zero attached hydrogens (tertiary/aromatic N) is 1. The Hall–Kier alpha value is -2.11. The molecule has 1 rings (SSSR count). The van der Waals surface area contributed by atoms with Crippen molar-refractivity contribution in [2.24, 2.45) is 0 Å². The molecule has 104 valence electrons. The number of carbonyl (C=O) groups is 2. The molecule has 0 saturated heterocycles. The highest BCUT2D eigenvalue weighted by Crippen LogP contribution is 2.06. The molecule has 1 aromatic heterocycles. The summed E-state index contributed by atoms with van der Waals surface area (Å²) in [6.07, 6.45) is 2.89. The predicted molar refractivity (Wildman–Crippen MR) is 74.0 cm³/mol. The summed E-state index contributed by atoms with van der Waals surface area (Å²) in [6, 6.07) is 3.82. The van der Waals surface area contributed by atoms with Crippen LogP contribution in [0.5, 0.6) is 0 Å². The van der Waals surface area contributed by atoms with Crippen molar-refractivity contribution in [1.82, 2.24) is 15.6 Å². The van der Waals surface area contributed by atoms with E-state index < -0.39 is 0 Å². The van der Waals surface area contributed by atoms with E-state index in [1.54, 1.807) is 18.3 Å². The quantitative estimate of drug-likeness (QED) is 0.478. The van der Waals surface area contributed by atoms with Crippen LogP contribution in [0.4, 0.5) is 5.82 Å². The van der Waals surface area contributed by atoms with Crippen LogP contribution < -0.4 is 16.0 Å². The Kier molecular flexibility index (Phi) is 6.35. The van der Waals surface area contributed by atoms with Crippen molar-refractivity contribution in [3.8, 4) is 0 Å². The third kappa shape index (κ3) is 5.85. The highest BCUT2D eigenvalue weighted by molar-refractivity contribution is 5.94. The standard InChI is InChI=1S/C13H20N4O2/c1-10(2)17-12-5-4-11(8-16-12)13(19)15-7-3-6-14-9-18/h4-5,8-10H,3,6-7H2,1-2H3,(H,14,18)(H,15,19)(H,16,17). The first-order chi connectivity index (χ1) is 9.13. The van der Waals surface area contributed by atoms with Gasteiger partial charge in [-0.3, -0.25) is 9.59 Å². The summed E-state index contributed by atoms with van der Waals surface area (Å²) in [5.41, 5.74) is 0.526. The molecule has 0 unspecified atom stereocenters. The van der Waals surface area contributed by atoms with Crippen LogP contribution in [0.15, 0.2) is 18.3 Å². The molecule has 0 aliphatic heterocycles. The molecule has 3 N–H and O–H groups in total. The smallest absolute Gasteiger partial charge is 0.252 e. The maximum atomic E-state index is 11.7. The minimum atomic E-state index is -0.158. The maximum Gasteiger partial charge on any atom is 0.252 e. The fourth-order valence-electron chi connectivity index (χ4n) is 1.46. The van der Waals surface area contributed by atoms with Gasteiger partial charge in [0.05, 0.1) is 5.56 Å². The maximum absolute atomic E-state index is 11.7. The molecule has 0 spiro atoms. The van der Waals surface area contributed by atoms with Crippen LogP contribution in [0.2, 0.25) is 0 Å². The van der Waals surface area contributed by atoms with Gasteiger partial charge in [-0.15, -0.1) is 0 Å². The molecule has 0 radical (unpaired) electrons. The van der Waals surface area contributed by atoms with Gasteiger partial charge in [0.1, 0.15) is 5.82 Å². The number of nitrogens with one attached hydrogen (secondary N) is 3. The molecule has 0 atom stereocenters. The van der Waals surface area contributed by atoms with Crippen LogP contribution in [0, 0.1) is 0 Å². The van der Waals surface area contributed by atoms with Crippen LogP contribution in [0.3, 0.4) is 0 Å². The molecule has 2 amide bonds. The molecule has 0 aliphatic carbocycles. The van der Waals surface area contributed by atoms with Crippen LogP contribution in [0.25, 0.3) is 0 Å². The third-order valence-electron chi connectivity index (χ3n) is 2.33. The average Bonchev–Trinajstić information content (AvgIpc) is 2.38. The van der Waals surface area contributed by atoms with Crippen molar-refractivity contribution in [1.29, 1.82) is 0 Å². The van der Waals surface area contributed by atoms with Crippen LogP contribution in [-0.2, 0) is 4.79 Å². The average molecular weight is 264 g/mol. The van der Waals surface area contributed by atoms with Crippen molar-refractivity contribution in [2.45, 2.75) is 26.3 Å². The summed E-state index contributed by atoms with van der Waals surface area (Å²) >= 11 is 0. The van der Waals surface area contributed by atoms with Crippen LogP contribution in [0.1, 0.15) is 30.6 Å². The molecule has 0 aromatic carbocycles. The number of pyridine rings is 1. The van der Waals surface area contributed by atoms with Gasteiger partial charge in [0.25, 0.3) is 5.91 Å². The SMILES string of the molecule is CC(C)Nc1ccc(C(=O)NCCCNC=O)cn1. The van der Waals surface area contributed by atoms with E-state index >= 15 is 0 Å². The summed E-state index contributed by atoms with van der Waals surface area (Å²) in [4.78, 5) is 25.9. The molecule has 0 saturated carbocycles. The Bertz CT molecular complexity index is 404. The van der Waals surface area contributed by atoms with Gasteiger partial charge in [-0.05, 0) is 32.4 Å². The van der Waals surface area contributed by atoms with E-state index in [9.17, 15) is 9.59 Å². The van der Waals surface area contributed by atoms with Gasteiger partial charge in [-0.25, -0.2) is 4.98 Å². The van der Waals surface area contributed by atoms with E-state index in [0.29, 0.717) is 37.5 Å². The van der Waals surface area contributed by atoms with Crippen molar-refractivity contribution in [3.63, 3.8) is 0 Å². The van der Waals surface area contributed by atoms with Gasteiger partial charge in [0.2, 0.25) is 6.41 Å². The first-order valence-electron chi connectivity index (χ1n) is 6.31. The highest BCUT2D eigenvalue weighted by atomic mass is 16.1. The van der Waals surface area contributed by atoms with Gasteiger partial charge in [0.15, 0.2) is 0 Å². The normalized spacial score (nSPS) is 10.1. The number of carbonyl (C=O) groups excluding carboxylic acids is 2. The summed E-state index contributed by atoms with van der Waals surface area (Å²) in [5.74, 6) is 0.594. The van der Waals surface area contributed by atoms with E-state index in [1.165, 1.54) is 0 Å². The number of hydrogen-bond acceptors (Lipinski definition) is 4. The molecule has 6 nitrogen and oxygen atoms in total. The van der Waals surface area contributed by atoms with Gasteiger partial charge in [-0.1, -0.05) is 0 Å². The van der Waals surface area contributed by atoms with E-state index in [4.69, 9.17) is 0 Å². The first kappa shape index (κ1) is 14.9. The monoisotopic (exact) mass is 264 g/mol. The molecule has 1 heterocycles. The van der Waals surface area contributed by atoms with E-state index in [0.717, 1.165) is 5.82 Å². The third-order valence-corrected chi connectivity index (χ3v) is 2.33. The number of aromatic nitrogens is 1. The molecule has 6 heteroatoms. The molecule has 19 heavy (non-hydrogen) atoms. The van der Waals surface area contributed by atoms with Crippen molar-refractivity contribution in [2.75, 3.05) is 18.4 Å². The zero-order valence-electron chi connectivity index (χ0n) is 11.3. The van der Waals surface area contributed by atoms with E-state index in [-0.39, 0.29) is 5.91 Å². The van der Waals surface area contributed by atoms with Gasteiger partial charge in [0, 0.05) is 25.3 Å². The Labute approximate surface area is 113 Å². The molecule has 0 bridgehead atoms. The Balaban J connectivity index is 2.38. The van der Waals surface area contributed by atoms with Gasteiger partial charge < -0.3 is 16.0 Å². The fraction of sp³-hybridized carbons (Fsp3) is 0.462. The molecule has 1 aromatic rings. The molecular formula is C13H20N4O2. The predicted octanol–water partition coefficient (Wildman–Crippen LogP) is 0.768. The van der Waals surface area contributed by atoms with Crippen molar-refractivity contribution in [3.05, 3.63) is 23.9 Å². The zero-order chi connectivity index (χ0) is 14.1. The second-order valence-electron chi connectivity index (χ2n) is 4.41. The van der Waals surface area contributed by atoms with E-state index in [2.05, 4.69) is 20.9 Å². The lowest BCUT2D eigenvalue weighted by Gasteiger charge is -2.09. The largest absolute Gasteiger partial charge is 0.368 e. The minimum absolute atomic E-state index is 0.158. The molecule has 0 aliphatic rings. The molecule has 0 fully saturated rings. The van der Waals surface area contributed by atoms with Crippen LogP contribution >= 0.6 is 0 Å². The summed E-state index contributed by atoms with van der Waals surface area (Å²) in [7, 11) is 0. The number of amides is 2. The molecular weight excluding hydrogens is 244 g/mol. The number of rotatable bonds is 8. The van der Waals surface area contributed by atoms with Crippen molar-refractivity contribution >= 4 is 18.1 Å². The summed E-state index contributed by atoms with van der Waals surface area (Å²) < 4.78 is 0.